The van der Waals surface area contributed by atoms with Gasteiger partial charge in [-0.25, -0.2) is 0 Å². The molecular formula is C14H25N5S. The van der Waals surface area contributed by atoms with Gasteiger partial charge in [-0.1, -0.05) is 26.1 Å². The van der Waals surface area contributed by atoms with Gasteiger partial charge in [0.1, 0.15) is 4.99 Å². The van der Waals surface area contributed by atoms with Crippen molar-refractivity contribution in [3.63, 3.8) is 0 Å². The average molecular weight is 295 g/mol. The maximum atomic E-state index is 5.68. The summed E-state index contributed by atoms with van der Waals surface area (Å²) in [6.45, 7) is 9.86. The summed E-state index contributed by atoms with van der Waals surface area (Å²) in [5, 5.41) is 11.3. The first-order valence-electron chi connectivity index (χ1n) is 7.18. The fraction of sp³-hybridized carbons (Fsp3) is 0.643. The highest BCUT2D eigenvalue weighted by atomic mass is 32.1. The Morgan fingerprint density at radius 1 is 1.45 bits per heavy atom. The van der Waals surface area contributed by atoms with E-state index in [1.807, 2.05) is 0 Å². The molecule has 0 aromatic carbocycles. The van der Waals surface area contributed by atoms with Crippen molar-refractivity contribution in [2.45, 2.75) is 39.7 Å². The van der Waals surface area contributed by atoms with Gasteiger partial charge in [0.05, 0.1) is 11.8 Å². The van der Waals surface area contributed by atoms with Gasteiger partial charge >= 0.3 is 0 Å². The maximum Gasteiger partial charge on any atom is 0.159 e. The lowest BCUT2D eigenvalue weighted by Crippen LogP contribution is -2.26. The van der Waals surface area contributed by atoms with Crippen LogP contribution in [-0.4, -0.2) is 45.8 Å². The molecule has 0 spiro atoms. The third-order valence-electron chi connectivity index (χ3n) is 3.38. The van der Waals surface area contributed by atoms with Gasteiger partial charge in [0, 0.05) is 6.04 Å². The van der Waals surface area contributed by atoms with E-state index < -0.39 is 0 Å². The van der Waals surface area contributed by atoms with Crippen LogP contribution in [0.3, 0.4) is 0 Å². The molecule has 0 saturated heterocycles. The Hall–Kier alpha value is -1.27. The topological polar surface area (TPSA) is 67.1 Å². The Morgan fingerprint density at radius 3 is 2.75 bits per heavy atom. The van der Waals surface area contributed by atoms with E-state index in [1.165, 1.54) is 0 Å². The standard InChI is InChI=1S/C14H25N5S/c1-4-19(5-2)10-6-7-11(3)17-14-12(13(15)20)8-9-16-18-14/h8-9,11H,4-7,10H2,1-3H3,(H2,15,20)(H,17,18). The lowest BCUT2D eigenvalue weighted by Gasteiger charge is -2.20. The third-order valence-corrected chi connectivity index (χ3v) is 3.60. The number of anilines is 1. The van der Waals surface area contributed by atoms with E-state index in [4.69, 9.17) is 18.0 Å². The Morgan fingerprint density at radius 2 is 2.15 bits per heavy atom. The molecule has 0 bridgehead atoms. The molecule has 5 nitrogen and oxygen atoms in total. The number of hydrogen-bond acceptors (Lipinski definition) is 5. The molecule has 0 aliphatic heterocycles. The van der Waals surface area contributed by atoms with Crippen molar-refractivity contribution in [3.8, 4) is 0 Å². The third kappa shape index (κ3) is 5.38. The largest absolute Gasteiger partial charge is 0.389 e. The summed E-state index contributed by atoms with van der Waals surface area (Å²) in [5.41, 5.74) is 6.44. The number of nitrogens with zero attached hydrogens (tertiary/aromatic N) is 3. The van der Waals surface area contributed by atoms with E-state index in [0.29, 0.717) is 16.8 Å². The van der Waals surface area contributed by atoms with Gasteiger partial charge < -0.3 is 16.0 Å². The predicted octanol–water partition coefficient (Wildman–Crippen LogP) is 2.03. The molecule has 1 unspecified atom stereocenters. The van der Waals surface area contributed by atoms with E-state index in [-0.39, 0.29) is 0 Å². The van der Waals surface area contributed by atoms with Crippen LogP contribution in [0, 0.1) is 0 Å². The average Bonchev–Trinajstić information content (AvgIpc) is 2.44. The van der Waals surface area contributed by atoms with Crippen molar-refractivity contribution in [2.24, 2.45) is 5.73 Å². The fourth-order valence-electron chi connectivity index (χ4n) is 2.10. The van der Waals surface area contributed by atoms with Crippen LogP contribution >= 0.6 is 12.2 Å². The number of nitrogens with one attached hydrogen (secondary N) is 1. The van der Waals surface area contributed by atoms with Gasteiger partial charge in [-0.3, -0.25) is 0 Å². The summed E-state index contributed by atoms with van der Waals surface area (Å²) in [6, 6.07) is 2.11. The normalized spacial score (nSPS) is 12.4. The summed E-state index contributed by atoms with van der Waals surface area (Å²) in [7, 11) is 0. The van der Waals surface area contributed by atoms with Crippen LogP contribution in [0.25, 0.3) is 0 Å². The van der Waals surface area contributed by atoms with E-state index in [1.54, 1.807) is 12.3 Å². The first-order chi connectivity index (χ1) is 9.58. The molecule has 0 aliphatic rings. The molecule has 1 aromatic heterocycles. The minimum Gasteiger partial charge on any atom is -0.389 e. The zero-order chi connectivity index (χ0) is 15.0. The highest BCUT2D eigenvalue weighted by Crippen LogP contribution is 2.13. The van der Waals surface area contributed by atoms with E-state index in [2.05, 4.69) is 41.2 Å². The van der Waals surface area contributed by atoms with Crippen LogP contribution in [0.4, 0.5) is 5.82 Å². The van der Waals surface area contributed by atoms with E-state index in [0.717, 1.165) is 38.0 Å². The van der Waals surface area contributed by atoms with Crippen LogP contribution < -0.4 is 11.1 Å². The second kappa shape index (κ2) is 8.81. The number of aromatic nitrogens is 2. The van der Waals surface area contributed by atoms with Crippen LogP contribution in [0.1, 0.15) is 39.2 Å². The summed E-state index contributed by atoms with van der Waals surface area (Å²) < 4.78 is 0. The Labute approximate surface area is 126 Å². The van der Waals surface area contributed by atoms with Gasteiger partial charge in [-0.05, 0) is 45.5 Å². The fourth-order valence-corrected chi connectivity index (χ4v) is 2.27. The second-order valence-electron chi connectivity index (χ2n) is 4.87. The van der Waals surface area contributed by atoms with Gasteiger partial charge in [-0.2, -0.15) is 5.10 Å². The molecule has 3 N–H and O–H groups in total. The Kier molecular flexibility index (Phi) is 7.40. The molecule has 6 heteroatoms. The van der Waals surface area contributed by atoms with Gasteiger partial charge in [0.15, 0.2) is 5.82 Å². The van der Waals surface area contributed by atoms with Crippen molar-refractivity contribution in [3.05, 3.63) is 17.8 Å². The van der Waals surface area contributed by atoms with E-state index >= 15 is 0 Å². The van der Waals surface area contributed by atoms with Crippen molar-refractivity contribution >= 4 is 23.0 Å². The molecule has 1 heterocycles. The molecular weight excluding hydrogens is 270 g/mol. The highest BCUT2D eigenvalue weighted by molar-refractivity contribution is 7.80. The van der Waals surface area contributed by atoms with E-state index in [9.17, 15) is 0 Å². The molecule has 1 atom stereocenters. The second-order valence-corrected chi connectivity index (χ2v) is 5.31. The molecule has 0 aliphatic carbocycles. The van der Waals surface area contributed by atoms with Crippen molar-refractivity contribution in [1.29, 1.82) is 0 Å². The van der Waals surface area contributed by atoms with Gasteiger partial charge in [-0.15, -0.1) is 5.10 Å². The maximum absolute atomic E-state index is 5.68. The zero-order valence-corrected chi connectivity index (χ0v) is 13.4. The number of thiocarbonyl (C=S) groups is 1. The van der Waals surface area contributed by atoms with Crippen molar-refractivity contribution in [2.75, 3.05) is 25.0 Å². The zero-order valence-electron chi connectivity index (χ0n) is 12.6. The molecule has 20 heavy (non-hydrogen) atoms. The SMILES string of the molecule is CCN(CC)CCCC(C)Nc1nnccc1C(N)=S. The molecule has 1 rings (SSSR count). The highest BCUT2D eigenvalue weighted by Gasteiger charge is 2.10. The van der Waals surface area contributed by atoms with Crippen LogP contribution in [0.5, 0.6) is 0 Å². The summed E-state index contributed by atoms with van der Waals surface area (Å²) in [6.07, 6.45) is 3.83. The smallest absolute Gasteiger partial charge is 0.159 e. The molecule has 0 amide bonds. The summed E-state index contributed by atoms with van der Waals surface area (Å²) >= 11 is 5.02. The Bertz CT molecular complexity index is 420. The number of hydrogen-bond donors (Lipinski definition) is 2. The minimum absolute atomic E-state index is 0.315. The molecule has 0 radical (unpaired) electrons. The Balaban J connectivity index is 2.46. The molecule has 1 aromatic rings. The first kappa shape index (κ1) is 16.8. The number of rotatable bonds is 9. The summed E-state index contributed by atoms with van der Waals surface area (Å²) in [5.74, 6) is 0.676. The first-order valence-corrected chi connectivity index (χ1v) is 7.59. The lowest BCUT2D eigenvalue weighted by atomic mass is 10.1. The number of nitrogens with two attached hydrogens (primary N) is 1. The predicted molar refractivity (Wildman–Crippen MR) is 88.0 cm³/mol. The van der Waals surface area contributed by atoms with Crippen molar-refractivity contribution in [1.82, 2.24) is 15.1 Å². The summed E-state index contributed by atoms with van der Waals surface area (Å²) in [4.78, 5) is 2.77. The molecule has 112 valence electrons. The van der Waals surface area contributed by atoms with Crippen LogP contribution in [0.2, 0.25) is 0 Å². The van der Waals surface area contributed by atoms with Crippen LogP contribution in [-0.2, 0) is 0 Å². The molecule has 0 fully saturated rings. The quantitative estimate of drug-likeness (QED) is 0.680. The minimum atomic E-state index is 0.315. The van der Waals surface area contributed by atoms with Crippen LogP contribution in [0.15, 0.2) is 12.3 Å². The van der Waals surface area contributed by atoms with Gasteiger partial charge in [0.2, 0.25) is 0 Å². The monoisotopic (exact) mass is 295 g/mol. The van der Waals surface area contributed by atoms with Crippen molar-refractivity contribution < 1.29 is 0 Å². The lowest BCUT2D eigenvalue weighted by molar-refractivity contribution is 0.295. The molecule has 0 saturated carbocycles. The van der Waals surface area contributed by atoms with Gasteiger partial charge in [0.25, 0.3) is 0 Å².